The number of aliphatic hydroxyl groups excluding tert-OH is 1. The van der Waals surface area contributed by atoms with Crippen LogP contribution in [0.2, 0.25) is 0 Å². The largest absolute Gasteiger partial charge is 0.454 e. The maximum absolute atomic E-state index is 12.5. The van der Waals surface area contributed by atoms with E-state index < -0.39 is 12.1 Å². The summed E-state index contributed by atoms with van der Waals surface area (Å²) in [6, 6.07) is 14.0. The quantitative estimate of drug-likeness (QED) is 0.510. The van der Waals surface area contributed by atoms with Crippen LogP contribution in [0.4, 0.5) is 10.5 Å². The highest BCUT2D eigenvalue weighted by molar-refractivity contribution is 5.90. The Morgan fingerprint density at radius 2 is 1.88 bits per heavy atom. The second-order valence-electron chi connectivity index (χ2n) is 8.23. The maximum Gasteiger partial charge on any atom is 0.319 e. The smallest absolute Gasteiger partial charge is 0.319 e. The lowest BCUT2D eigenvalue weighted by atomic mass is 9.97. The number of amides is 3. The monoisotopic (exact) mass is 455 g/mol. The lowest BCUT2D eigenvalue weighted by molar-refractivity contribution is -0.131. The molecule has 2 aromatic carbocycles. The number of fused-ring (bicyclic) bond motifs is 1. The molecular formula is C24H29N3O6. The van der Waals surface area contributed by atoms with E-state index in [1.54, 1.807) is 18.2 Å². The van der Waals surface area contributed by atoms with E-state index in [-0.39, 0.29) is 43.9 Å². The molecule has 9 nitrogen and oxygen atoms in total. The van der Waals surface area contributed by atoms with Crippen molar-refractivity contribution in [3.05, 3.63) is 54.1 Å². The van der Waals surface area contributed by atoms with Crippen molar-refractivity contribution in [2.75, 3.05) is 18.7 Å². The number of carbonyl (C=O) groups is 2. The molecule has 4 atom stereocenters. The Morgan fingerprint density at radius 1 is 1.09 bits per heavy atom. The van der Waals surface area contributed by atoms with Crippen molar-refractivity contribution in [3.8, 4) is 11.5 Å². The molecule has 176 valence electrons. The van der Waals surface area contributed by atoms with E-state index in [1.807, 2.05) is 37.3 Å². The van der Waals surface area contributed by atoms with Crippen LogP contribution in [0.15, 0.2) is 48.5 Å². The van der Waals surface area contributed by atoms with Crippen molar-refractivity contribution < 1.29 is 28.9 Å². The van der Waals surface area contributed by atoms with Gasteiger partial charge in [-0.15, -0.1) is 0 Å². The summed E-state index contributed by atoms with van der Waals surface area (Å²) in [5, 5.41) is 18.4. The summed E-state index contributed by atoms with van der Waals surface area (Å²) in [6.45, 7) is 1.84. The molecule has 0 saturated carbocycles. The Labute approximate surface area is 192 Å². The van der Waals surface area contributed by atoms with E-state index in [4.69, 9.17) is 14.2 Å². The molecule has 0 spiro atoms. The lowest BCUT2D eigenvalue weighted by Gasteiger charge is -2.36. The van der Waals surface area contributed by atoms with E-state index in [2.05, 4.69) is 16.0 Å². The molecule has 0 bridgehead atoms. The topological polar surface area (TPSA) is 118 Å². The maximum atomic E-state index is 12.5. The number of aliphatic hydroxyl groups is 1. The first-order valence-corrected chi connectivity index (χ1v) is 11.1. The van der Waals surface area contributed by atoms with Crippen LogP contribution in [0.1, 0.15) is 37.8 Å². The van der Waals surface area contributed by atoms with Gasteiger partial charge in [0, 0.05) is 11.8 Å². The van der Waals surface area contributed by atoms with Gasteiger partial charge in [-0.05, 0) is 37.5 Å². The van der Waals surface area contributed by atoms with Gasteiger partial charge in [0.05, 0.1) is 31.2 Å². The van der Waals surface area contributed by atoms with Gasteiger partial charge in [-0.1, -0.05) is 30.3 Å². The number of hydrogen-bond acceptors (Lipinski definition) is 6. The molecule has 3 amide bonds. The Bertz CT molecular complexity index is 970. The van der Waals surface area contributed by atoms with Crippen molar-refractivity contribution in [1.82, 2.24) is 10.6 Å². The molecule has 0 aliphatic carbocycles. The van der Waals surface area contributed by atoms with E-state index in [0.29, 0.717) is 30.0 Å². The van der Waals surface area contributed by atoms with Gasteiger partial charge in [-0.3, -0.25) is 4.79 Å². The molecule has 2 aliphatic heterocycles. The standard InChI is InChI=1S/C24H29N3O6/c1-15(16-5-3-2-4-6-16)25-23(29)12-18-8-9-19(22(13-28)33-18)27-24(30)26-17-7-10-20-21(11-17)32-14-31-20/h2-7,10-11,15,18-19,22,28H,8-9,12-14H2,1H3,(H,25,29)(H2,26,27,30)/t15-,18-,19+,22+/m1/s1. The number of hydrogen-bond donors (Lipinski definition) is 4. The summed E-state index contributed by atoms with van der Waals surface area (Å²) in [6.07, 6.45) is 0.472. The molecule has 0 radical (unpaired) electrons. The predicted molar refractivity (Wildman–Crippen MR) is 121 cm³/mol. The molecule has 1 saturated heterocycles. The second kappa shape index (κ2) is 10.5. The number of carbonyl (C=O) groups excluding carboxylic acids is 2. The van der Waals surface area contributed by atoms with Crippen molar-refractivity contribution in [2.24, 2.45) is 0 Å². The fraction of sp³-hybridized carbons (Fsp3) is 0.417. The Balaban J connectivity index is 1.25. The van der Waals surface area contributed by atoms with Gasteiger partial charge in [-0.2, -0.15) is 0 Å². The minimum Gasteiger partial charge on any atom is -0.454 e. The van der Waals surface area contributed by atoms with Gasteiger partial charge in [0.25, 0.3) is 0 Å². The van der Waals surface area contributed by atoms with Gasteiger partial charge in [-0.25, -0.2) is 4.79 Å². The highest BCUT2D eigenvalue weighted by Crippen LogP contribution is 2.34. The van der Waals surface area contributed by atoms with Gasteiger partial charge in [0.15, 0.2) is 11.5 Å². The third kappa shape index (κ3) is 5.94. The first kappa shape index (κ1) is 22.9. The molecule has 1 fully saturated rings. The summed E-state index contributed by atoms with van der Waals surface area (Å²) < 4.78 is 16.5. The number of rotatable bonds is 7. The van der Waals surface area contributed by atoms with Crippen molar-refractivity contribution >= 4 is 17.6 Å². The summed E-state index contributed by atoms with van der Waals surface area (Å²) >= 11 is 0. The van der Waals surface area contributed by atoms with Crippen LogP contribution in [0, 0.1) is 0 Å². The third-order valence-electron chi connectivity index (χ3n) is 5.83. The number of nitrogens with one attached hydrogen (secondary N) is 3. The third-order valence-corrected chi connectivity index (χ3v) is 5.83. The number of urea groups is 1. The first-order valence-electron chi connectivity index (χ1n) is 11.1. The van der Waals surface area contributed by atoms with Crippen LogP contribution in [0.3, 0.4) is 0 Å². The Morgan fingerprint density at radius 3 is 2.67 bits per heavy atom. The van der Waals surface area contributed by atoms with E-state index in [0.717, 1.165) is 5.56 Å². The normalized spacial score (nSPS) is 22.3. The fourth-order valence-corrected chi connectivity index (χ4v) is 4.09. The first-order chi connectivity index (χ1) is 16.0. The summed E-state index contributed by atoms with van der Waals surface area (Å²) in [5.41, 5.74) is 1.59. The zero-order valence-electron chi connectivity index (χ0n) is 18.5. The van der Waals surface area contributed by atoms with Crippen molar-refractivity contribution in [1.29, 1.82) is 0 Å². The van der Waals surface area contributed by atoms with Crippen LogP contribution >= 0.6 is 0 Å². The summed E-state index contributed by atoms with van der Waals surface area (Å²) in [4.78, 5) is 24.9. The Kier molecular flexibility index (Phi) is 7.31. The van der Waals surface area contributed by atoms with Crippen LogP contribution in [-0.2, 0) is 9.53 Å². The van der Waals surface area contributed by atoms with Crippen molar-refractivity contribution in [3.63, 3.8) is 0 Å². The summed E-state index contributed by atoms with van der Waals surface area (Å²) in [7, 11) is 0. The highest BCUT2D eigenvalue weighted by Gasteiger charge is 2.33. The molecule has 2 heterocycles. The molecule has 33 heavy (non-hydrogen) atoms. The molecular weight excluding hydrogens is 426 g/mol. The lowest BCUT2D eigenvalue weighted by Crippen LogP contribution is -2.52. The minimum absolute atomic E-state index is 0.106. The highest BCUT2D eigenvalue weighted by atomic mass is 16.7. The number of anilines is 1. The van der Waals surface area contributed by atoms with E-state index >= 15 is 0 Å². The van der Waals surface area contributed by atoms with E-state index in [9.17, 15) is 14.7 Å². The predicted octanol–water partition coefficient (Wildman–Crippen LogP) is 2.71. The van der Waals surface area contributed by atoms with Crippen LogP contribution in [-0.4, -0.2) is 48.7 Å². The van der Waals surface area contributed by atoms with Gasteiger partial charge >= 0.3 is 6.03 Å². The zero-order chi connectivity index (χ0) is 23.2. The van der Waals surface area contributed by atoms with Gasteiger partial charge in [0.1, 0.15) is 6.10 Å². The number of ether oxygens (including phenoxy) is 3. The average Bonchev–Trinajstić information content (AvgIpc) is 3.28. The van der Waals surface area contributed by atoms with E-state index in [1.165, 1.54) is 0 Å². The second-order valence-corrected chi connectivity index (χ2v) is 8.23. The molecule has 2 aromatic rings. The molecule has 0 aromatic heterocycles. The van der Waals surface area contributed by atoms with Crippen molar-refractivity contribution in [2.45, 2.75) is 50.5 Å². The van der Waals surface area contributed by atoms with Crippen LogP contribution < -0.4 is 25.4 Å². The molecule has 0 unspecified atom stereocenters. The minimum atomic E-state index is -0.592. The average molecular weight is 456 g/mol. The fourth-order valence-electron chi connectivity index (χ4n) is 4.09. The molecule has 9 heteroatoms. The molecule has 4 rings (SSSR count). The Hall–Kier alpha value is -3.30. The SMILES string of the molecule is C[C@@H](NC(=O)C[C@H]1CC[C@H](NC(=O)Nc2ccc3c(c2)OCO3)[C@H](CO)O1)c1ccccc1. The molecule has 4 N–H and O–H groups in total. The molecule has 2 aliphatic rings. The summed E-state index contributed by atoms with van der Waals surface area (Å²) in [5.74, 6) is 1.10. The number of benzene rings is 2. The van der Waals surface area contributed by atoms with Crippen LogP contribution in [0.25, 0.3) is 0 Å². The zero-order valence-corrected chi connectivity index (χ0v) is 18.5. The van der Waals surface area contributed by atoms with Gasteiger partial charge in [0.2, 0.25) is 12.7 Å². The van der Waals surface area contributed by atoms with Crippen LogP contribution in [0.5, 0.6) is 11.5 Å². The van der Waals surface area contributed by atoms with Gasteiger partial charge < -0.3 is 35.3 Å².